The molecule has 0 spiro atoms. The van der Waals surface area contributed by atoms with E-state index in [1.54, 1.807) is 0 Å². The average molecular weight is 379 g/mol. The van der Waals surface area contributed by atoms with Crippen molar-refractivity contribution in [2.75, 3.05) is 7.11 Å². The van der Waals surface area contributed by atoms with Gasteiger partial charge in [-0.15, -0.1) is 0 Å². The van der Waals surface area contributed by atoms with Crippen molar-refractivity contribution in [2.45, 2.75) is 20.1 Å². The lowest BCUT2D eigenvalue weighted by molar-refractivity contribution is 0.0947. The second-order valence-corrected chi connectivity index (χ2v) is 6.45. The smallest absolute Gasteiger partial charge is 0.255 e. The van der Waals surface area contributed by atoms with Gasteiger partial charge in [0, 0.05) is 6.54 Å². The number of aryl methyl sites for hydroxylation is 1. The van der Waals surface area contributed by atoms with Crippen LogP contribution in [0.4, 0.5) is 4.39 Å². The lowest BCUT2D eigenvalue weighted by Crippen LogP contribution is -2.23. The number of rotatable bonds is 7. The standard InChI is InChI=1S/C23H22FNO3/c1-16-4-3-5-18(12-16)15-28-20-9-6-17(7-10-20)14-25-23(26)21-13-19(24)8-11-22(21)27-2/h3-13H,14-15H2,1-2H3,(H,25,26). The number of carbonyl (C=O) groups excluding carboxylic acids is 1. The van der Waals surface area contributed by atoms with Crippen LogP contribution in [0.15, 0.2) is 66.7 Å². The van der Waals surface area contributed by atoms with Crippen molar-refractivity contribution in [2.24, 2.45) is 0 Å². The molecule has 0 fully saturated rings. The number of hydrogen-bond donors (Lipinski definition) is 1. The fourth-order valence-corrected chi connectivity index (χ4v) is 2.81. The first-order chi connectivity index (χ1) is 13.5. The van der Waals surface area contributed by atoms with Gasteiger partial charge in [0.1, 0.15) is 23.9 Å². The number of hydrogen-bond acceptors (Lipinski definition) is 3. The van der Waals surface area contributed by atoms with E-state index in [4.69, 9.17) is 9.47 Å². The van der Waals surface area contributed by atoms with E-state index in [0.717, 1.165) is 22.9 Å². The molecule has 4 nitrogen and oxygen atoms in total. The quantitative estimate of drug-likeness (QED) is 0.650. The average Bonchev–Trinajstić information content (AvgIpc) is 2.71. The van der Waals surface area contributed by atoms with Crippen LogP contribution in [-0.4, -0.2) is 13.0 Å². The Labute approximate surface area is 163 Å². The minimum absolute atomic E-state index is 0.167. The second-order valence-electron chi connectivity index (χ2n) is 6.45. The van der Waals surface area contributed by atoms with Crippen molar-refractivity contribution >= 4 is 5.91 Å². The van der Waals surface area contributed by atoms with Crippen LogP contribution in [0.1, 0.15) is 27.0 Å². The molecule has 5 heteroatoms. The van der Waals surface area contributed by atoms with Crippen molar-refractivity contribution in [3.63, 3.8) is 0 Å². The van der Waals surface area contributed by atoms with Crippen LogP contribution < -0.4 is 14.8 Å². The minimum Gasteiger partial charge on any atom is -0.496 e. The molecule has 0 aromatic heterocycles. The Balaban J connectivity index is 1.56. The zero-order valence-corrected chi connectivity index (χ0v) is 15.9. The zero-order chi connectivity index (χ0) is 19.9. The number of amides is 1. The van der Waals surface area contributed by atoms with Crippen molar-refractivity contribution in [1.82, 2.24) is 5.32 Å². The number of benzene rings is 3. The summed E-state index contributed by atoms with van der Waals surface area (Å²) in [6, 6.07) is 19.5. The summed E-state index contributed by atoms with van der Waals surface area (Å²) in [5.74, 6) is 0.208. The third-order valence-corrected chi connectivity index (χ3v) is 4.27. The van der Waals surface area contributed by atoms with Gasteiger partial charge in [0.15, 0.2) is 0 Å². The van der Waals surface area contributed by atoms with E-state index in [2.05, 4.69) is 11.4 Å². The Kier molecular flexibility index (Phi) is 6.27. The molecule has 3 aromatic rings. The predicted molar refractivity (Wildman–Crippen MR) is 106 cm³/mol. The van der Waals surface area contributed by atoms with E-state index in [1.165, 1.54) is 24.8 Å². The molecule has 0 aliphatic heterocycles. The molecule has 144 valence electrons. The molecule has 3 aromatic carbocycles. The molecule has 0 atom stereocenters. The minimum atomic E-state index is -0.485. The van der Waals surface area contributed by atoms with Crippen LogP contribution in [0.5, 0.6) is 11.5 Å². The maximum Gasteiger partial charge on any atom is 0.255 e. The lowest BCUT2D eigenvalue weighted by atomic mass is 10.1. The fraction of sp³-hybridized carbons (Fsp3) is 0.174. The first-order valence-corrected chi connectivity index (χ1v) is 8.94. The van der Waals surface area contributed by atoms with Crippen LogP contribution in [0.2, 0.25) is 0 Å². The summed E-state index contributed by atoms with van der Waals surface area (Å²) >= 11 is 0. The third-order valence-electron chi connectivity index (χ3n) is 4.27. The Morgan fingerprint density at radius 2 is 1.79 bits per heavy atom. The Hall–Kier alpha value is -3.34. The summed E-state index contributed by atoms with van der Waals surface area (Å²) in [4.78, 5) is 12.3. The highest BCUT2D eigenvalue weighted by molar-refractivity contribution is 5.96. The normalized spacial score (nSPS) is 10.4. The first kappa shape index (κ1) is 19.4. The van der Waals surface area contributed by atoms with Crippen molar-refractivity contribution < 1.29 is 18.7 Å². The first-order valence-electron chi connectivity index (χ1n) is 8.94. The summed E-state index contributed by atoms with van der Waals surface area (Å²) in [5, 5.41) is 2.77. The molecule has 0 unspecified atom stereocenters. The van der Waals surface area contributed by atoms with Crippen LogP contribution in [0, 0.1) is 12.7 Å². The second kappa shape index (κ2) is 9.04. The number of carbonyl (C=O) groups is 1. The molecule has 3 rings (SSSR count). The topological polar surface area (TPSA) is 47.6 Å². The van der Waals surface area contributed by atoms with E-state index in [9.17, 15) is 9.18 Å². The molecule has 0 aliphatic rings. The highest BCUT2D eigenvalue weighted by atomic mass is 19.1. The van der Waals surface area contributed by atoms with Gasteiger partial charge in [-0.05, 0) is 48.4 Å². The van der Waals surface area contributed by atoms with Crippen LogP contribution in [0.3, 0.4) is 0 Å². The van der Waals surface area contributed by atoms with Gasteiger partial charge in [0.25, 0.3) is 5.91 Å². The molecule has 1 amide bonds. The summed E-state index contributed by atoms with van der Waals surface area (Å²) in [7, 11) is 1.44. The summed E-state index contributed by atoms with van der Waals surface area (Å²) in [6.07, 6.45) is 0. The van der Waals surface area contributed by atoms with Gasteiger partial charge in [-0.2, -0.15) is 0 Å². The maximum atomic E-state index is 13.4. The van der Waals surface area contributed by atoms with Crippen LogP contribution >= 0.6 is 0 Å². The van der Waals surface area contributed by atoms with Gasteiger partial charge in [0.05, 0.1) is 12.7 Å². The van der Waals surface area contributed by atoms with E-state index in [1.807, 2.05) is 49.4 Å². The Morgan fingerprint density at radius 3 is 2.50 bits per heavy atom. The molecule has 0 aliphatic carbocycles. The van der Waals surface area contributed by atoms with E-state index in [-0.39, 0.29) is 5.56 Å². The zero-order valence-electron chi connectivity index (χ0n) is 15.9. The van der Waals surface area contributed by atoms with Gasteiger partial charge in [-0.3, -0.25) is 4.79 Å². The van der Waals surface area contributed by atoms with E-state index >= 15 is 0 Å². The molecule has 28 heavy (non-hydrogen) atoms. The summed E-state index contributed by atoms with van der Waals surface area (Å²) in [5.41, 5.74) is 3.38. The van der Waals surface area contributed by atoms with Crippen LogP contribution in [0.25, 0.3) is 0 Å². The number of nitrogens with one attached hydrogen (secondary N) is 1. The third kappa shape index (κ3) is 5.10. The molecule has 0 radical (unpaired) electrons. The molecule has 0 saturated carbocycles. The van der Waals surface area contributed by atoms with Crippen molar-refractivity contribution in [3.05, 3.63) is 94.8 Å². The predicted octanol–water partition coefficient (Wildman–Crippen LogP) is 4.65. The lowest BCUT2D eigenvalue weighted by Gasteiger charge is -2.10. The fourth-order valence-electron chi connectivity index (χ4n) is 2.81. The number of halogens is 1. The van der Waals surface area contributed by atoms with E-state index < -0.39 is 11.7 Å². The van der Waals surface area contributed by atoms with E-state index in [0.29, 0.717) is 18.9 Å². The Bertz CT molecular complexity index is 954. The highest BCUT2D eigenvalue weighted by Gasteiger charge is 2.13. The summed E-state index contributed by atoms with van der Waals surface area (Å²) < 4.78 is 24.3. The van der Waals surface area contributed by atoms with Gasteiger partial charge in [-0.25, -0.2) is 4.39 Å². The van der Waals surface area contributed by atoms with Gasteiger partial charge in [0.2, 0.25) is 0 Å². The molecule has 0 heterocycles. The number of methoxy groups -OCH3 is 1. The van der Waals surface area contributed by atoms with Gasteiger partial charge >= 0.3 is 0 Å². The number of ether oxygens (including phenoxy) is 2. The van der Waals surface area contributed by atoms with Gasteiger partial charge in [-0.1, -0.05) is 42.0 Å². The largest absolute Gasteiger partial charge is 0.496 e. The van der Waals surface area contributed by atoms with Crippen molar-refractivity contribution in [1.29, 1.82) is 0 Å². The van der Waals surface area contributed by atoms with Crippen LogP contribution in [-0.2, 0) is 13.2 Å². The molecular weight excluding hydrogens is 357 g/mol. The molecule has 0 bridgehead atoms. The van der Waals surface area contributed by atoms with Gasteiger partial charge < -0.3 is 14.8 Å². The van der Waals surface area contributed by atoms with Crippen molar-refractivity contribution in [3.8, 4) is 11.5 Å². The SMILES string of the molecule is COc1ccc(F)cc1C(=O)NCc1ccc(OCc2cccc(C)c2)cc1. The monoisotopic (exact) mass is 379 g/mol. The maximum absolute atomic E-state index is 13.4. The summed E-state index contributed by atoms with van der Waals surface area (Å²) in [6.45, 7) is 2.86. The molecule has 1 N–H and O–H groups in total. The highest BCUT2D eigenvalue weighted by Crippen LogP contribution is 2.19. The Morgan fingerprint density at radius 1 is 1.00 bits per heavy atom. The molecular formula is C23H22FNO3. The molecule has 0 saturated heterocycles.